The third kappa shape index (κ3) is 4.00. The molecule has 0 amide bonds. The number of halogens is 2. The smallest absolute Gasteiger partial charge is 0.264 e. The van der Waals surface area contributed by atoms with E-state index in [1.54, 1.807) is 36.7 Å². The highest BCUT2D eigenvalue weighted by atomic mass is 32.2. The molecular weight excluding hydrogens is 398 g/mol. The van der Waals surface area contributed by atoms with Gasteiger partial charge in [-0.3, -0.25) is 4.31 Å². The van der Waals surface area contributed by atoms with Crippen LogP contribution in [0.2, 0.25) is 0 Å². The van der Waals surface area contributed by atoms with Crippen LogP contribution in [0.4, 0.5) is 14.5 Å². The van der Waals surface area contributed by atoms with Gasteiger partial charge in [-0.1, -0.05) is 31.5 Å². The maximum absolute atomic E-state index is 14.2. The summed E-state index contributed by atoms with van der Waals surface area (Å²) in [6, 6.07) is 9.76. The summed E-state index contributed by atoms with van der Waals surface area (Å²) in [5.74, 6) is -1.41. The lowest BCUT2D eigenvalue weighted by Crippen LogP contribution is -2.32. The van der Waals surface area contributed by atoms with Gasteiger partial charge in [0.15, 0.2) is 17.5 Å². The molecule has 29 heavy (non-hydrogen) atoms. The number of unbranched alkanes of at least 4 members (excludes halogenated alkanes) is 1. The van der Waals surface area contributed by atoms with E-state index in [1.165, 1.54) is 12.1 Å². The molecule has 9 heteroatoms. The molecular formula is C20H22F2N4O2S. The van der Waals surface area contributed by atoms with Crippen LogP contribution in [0.1, 0.15) is 25.6 Å². The number of nitrogens with zero attached hydrogens (tertiary/aromatic N) is 4. The van der Waals surface area contributed by atoms with Crippen molar-refractivity contribution in [1.29, 1.82) is 0 Å². The molecule has 0 saturated heterocycles. The topological polar surface area (TPSA) is 68.1 Å². The average molecular weight is 420 g/mol. The first-order valence-electron chi connectivity index (χ1n) is 9.20. The van der Waals surface area contributed by atoms with Crippen molar-refractivity contribution in [1.82, 2.24) is 14.8 Å². The van der Waals surface area contributed by atoms with Crippen molar-refractivity contribution >= 4 is 15.7 Å². The summed E-state index contributed by atoms with van der Waals surface area (Å²) in [7, 11) is -2.33. The van der Waals surface area contributed by atoms with Crippen molar-refractivity contribution < 1.29 is 17.2 Å². The van der Waals surface area contributed by atoms with Crippen LogP contribution in [0.5, 0.6) is 0 Å². The van der Waals surface area contributed by atoms with Gasteiger partial charge in [0.2, 0.25) is 0 Å². The highest BCUT2D eigenvalue weighted by Crippen LogP contribution is 2.35. The van der Waals surface area contributed by atoms with Crippen molar-refractivity contribution in [2.75, 3.05) is 10.8 Å². The Morgan fingerprint density at radius 1 is 1.07 bits per heavy atom. The minimum Gasteiger partial charge on any atom is -0.314 e. The van der Waals surface area contributed by atoms with Crippen molar-refractivity contribution in [2.45, 2.75) is 31.6 Å². The van der Waals surface area contributed by atoms with Gasteiger partial charge >= 0.3 is 0 Å². The SMILES string of the molecule is CCCCN(c1cc(F)c(F)cc1-c1nnc(C)n1C)S(=O)(=O)c1ccccc1. The Labute approximate surface area is 168 Å². The normalized spacial score (nSPS) is 11.6. The van der Waals surface area contributed by atoms with Gasteiger partial charge in [0.25, 0.3) is 10.0 Å². The zero-order valence-corrected chi connectivity index (χ0v) is 17.2. The Kier molecular flexibility index (Phi) is 5.97. The summed E-state index contributed by atoms with van der Waals surface area (Å²) in [4.78, 5) is 0.0703. The molecule has 0 aliphatic heterocycles. The molecule has 0 aliphatic rings. The highest BCUT2D eigenvalue weighted by Gasteiger charge is 2.29. The lowest BCUT2D eigenvalue weighted by molar-refractivity contribution is 0.508. The van der Waals surface area contributed by atoms with Gasteiger partial charge in [-0.15, -0.1) is 10.2 Å². The first-order valence-corrected chi connectivity index (χ1v) is 10.6. The number of aryl methyl sites for hydroxylation is 1. The van der Waals surface area contributed by atoms with Crippen LogP contribution < -0.4 is 4.31 Å². The van der Waals surface area contributed by atoms with E-state index in [0.29, 0.717) is 12.2 Å². The van der Waals surface area contributed by atoms with Gasteiger partial charge in [-0.25, -0.2) is 17.2 Å². The van der Waals surface area contributed by atoms with Crippen LogP contribution in [0.3, 0.4) is 0 Å². The molecule has 0 radical (unpaired) electrons. The molecule has 0 fully saturated rings. The second-order valence-electron chi connectivity index (χ2n) is 6.66. The van der Waals surface area contributed by atoms with Crippen LogP contribution in [-0.2, 0) is 17.1 Å². The van der Waals surface area contributed by atoms with E-state index in [-0.39, 0.29) is 28.5 Å². The van der Waals surface area contributed by atoms with Gasteiger partial charge in [0.05, 0.1) is 10.6 Å². The monoisotopic (exact) mass is 420 g/mol. The zero-order valence-electron chi connectivity index (χ0n) is 16.4. The molecule has 0 unspecified atom stereocenters. The number of anilines is 1. The van der Waals surface area contributed by atoms with Crippen molar-refractivity contribution in [3.8, 4) is 11.4 Å². The maximum atomic E-state index is 14.2. The van der Waals surface area contributed by atoms with Gasteiger partial charge in [-0.2, -0.15) is 0 Å². The molecule has 0 saturated carbocycles. The molecule has 2 aromatic carbocycles. The number of aromatic nitrogens is 3. The summed E-state index contributed by atoms with van der Waals surface area (Å²) in [6.45, 7) is 3.75. The summed E-state index contributed by atoms with van der Waals surface area (Å²) >= 11 is 0. The van der Waals surface area contributed by atoms with Gasteiger partial charge in [0, 0.05) is 25.2 Å². The lowest BCUT2D eigenvalue weighted by atomic mass is 10.1. The molecule has 1 heterocycles. The Balaban J connectivity index is 2.26. The first kappa shape index (κ1) is 20.9. The molecule has 1 aromatic heterocycles. The Morgan fingerprint density at radius 2 is 1.72 bits per heavy atom. The number of hydrogen-bond acceptors (Lipinski definition) is 4. The fourth-order valence-corrected chi connectivity index (χ4v) is 4.49. The molecule has 6 nitrogen and oxygen atoms in total. The molecule has 0 spiro atoms. The van der Waals surface area contributed by atoms with Crippen molar-refractivity contribution in [3.05, 3.63) is 59.9 Å². The fourth-order valence-electron chi connectivity index (χ4n) is 2.96. The van der Waals surface area contributed by atoms with Crippen molar-refractivity contribution in [2.24, 2.45) is 7.05 Å². The molecule has 0 atom stereocenters. The largest absolute Gasteiger partial charge is 0.314 e. The van der Waals surface area contributed by atoms with Crippen LogP contribution in [0, 0.1) is 18.6 Å². The summed E-state index contributed by atoms with van der Waals surface area (Å²) in [5.41, 5.74) is 0.180. The van der Waals surface area contributed by atoms with E-state index in [2.05, 4.69) is 10.2 Å². The third-order valence-electron chi connectivity index (χ3n) is 4.69. The van der Waals surface area contributed by atoms with Gasteiger partial charge in [-0.05, 0) is 31.5 Å². The third-order valence-corrected chi connectivity index (χ3v) is 6.51. The Hall–Kier alpha value is -2.81. The Bertz CT molecular complexity index is 1120. The van der Waals surface area contributed by atoms with E-state index in [1.807, 2.05) is 6.92 Å². The van der Waals surface area contributed by atoms with Crippen molar-refractivity contribution in [3.63, 3.8) is 0 Å². The van der Waals surface area contributed by atoms with E-state index < -0.39 is 21.7 Å². The second kappa shape index (κ2) is 8.28. The van der Waals surface area contributed by atoms with E-state index in [4.69, 9.17) is 0 Å². The summed E-state index contributed by atoms with van der Waals surface area (Å²) in [6.07, 6.45) is 1.27. The number of hydrogen-bond donors (Lipinski definition) is 0. The van der Waals surface area contributed by atoms with Gasteiger partial charge in [0.1, 0.15) is 5.82 Å². The van der Waals surface area contributed by atoms with E-state index >= 15 is 0 Å². The second-order valence-corrected chi connectivity index (χ2v) is 8.52. The molecule has 3 rings (SSSR count). The maximum Gasteiger partial charge on any atom is 0.264 e. The quantitative estimate of drug-likeness (QED) is 0.578. The fraction of sp³-hybridized carbons (Fsp3) is 0.300. The van der Waals surface area contributed by atoms with Gasteiger partial charge < -0.3 is 4.57 Å². The minimum absolute atomic E-state index is 0.0247. The number of rotatable bonds is 7. The van der Waals surface area contributed by atoms with Crippen LogP contribution >= 0.6 is 0 Å². The first-order chi connectivity index (χ1) is 13.8. The molecule has 0 aliphatic carbocycles. The van der Waals surface area contributed by atoms with Crippen LogP contribution in [0.25, 0.3) is 11.4 Å². The molecule has 0 N–H and O–H groups in total. The molecule has 0 bridgehead atoms. The van der Waals surface area contributed by atoms with Crippen LogP contribution in [0.15, 0.2) is 47.4 Å². The van der Waals surface area contributed by atoms with E-state index in [0.717, 1.165) is 22.9 Å². The minimum atomic E-state index is -4.01. The average Bonchev–Trinajstić information content (AvgIpc) is 3.03. The molecule has 154 valence electrons. The number of sulfonamides is 1. The zero-order chi connectivity index (χ0) is 21.2. The number of benzene rings is 2. The van der Waals surface area contributed by atoms with E-state index in [9.17, 15) is 17.2 Å². The van der Waals surface area contributed by atoms with Crippen LogP contribution in [-0.4, -0.2) is 29.7 Å². The standard InChI is InChI=1S/C20H22F2N4O2S/c1-4-5-11-26(29(27,28)15-9-7-6-8-10-15)19-13-18(22)17(21)12-16(19)20-24-23-14(2)25(20)3/h6-10,12-13H,4-5,11H2,1-3H3. The molecule has 3 aromatic rings. The Morgan fingerprint density at radius 3 is 2.31 bits per heavy atom. The highest BCUT2D eigenvalue weighted by molar-refractivity contribution is 7.92. The summed E-state index contributed by atoms with van der Waals surface area (Å²) in [5, 5.41) is 7.99. The lowest BCUT2D eigenvalue weighted by Gasteiger charge is -2.26. The predicted octanol–water partition coefficient (Wildman–Crippen LogP) is 4.06. The summed E-state index contributed by atoms with van der Waals surface area (Å²) < 4.78 is 57.8. The predicted molar refractivity (Wildman–Crippen MR) is 107 cm³/mol.